The van der Waals surface area contributed by atoms with Gasteiger partial charge in [0.2, 0.25) is 0 Å². The molecule has 0 aromatic carbocycles. The van der Waals surface area contributed by atoms with Crippen molar-refractivity contribution in [3.05, 3.63) is 22.4 Å². The maximum atomic E-state index is 12.0. The zero-order chi connectivity index (χ0) is 10.7. The number of ketones is 1. The Bertz CT molecular complexity index is 320. The molecule has 1 aromatic heterocycles. The summed E-state index contributed by atoms with van der Waals surface area (Å²) >= 11 is 1.67. The fourth-order valence-electron chi connectivity index (χ4n) is 2.13. The van der Waals surface area contributed by atoms with E-state index in [2.05, 4.69) is 12.2 Å². The Morgan fingerprint density at radius 1 is 1.60 bits per heavy atom. The van der Waals surface area contributed by atoms with Gasteiger partial charge >= 0.3 is 0 Å². The number of carbonyl (C=O) groups is 1. The first kappa shape index (κ1) is 10.8. The van der Waals surface area contributed by atoms with E-state index in [1.807, 2.05) is 17.5 Å². The molecule has 2 rings (SSSR count). The van der Waals surface area contributed by atoms with Crippen molar-refractivity contribution < 1.29 is 4.79 Å². The van der Waals surface area contributed by atoms with Crippen LogP contribution in [0.1, 0.15) is 18.2 Å². The molecule has 1 aromatic rings. The highest BCUT2D eigenvalue weighted by Crippen LogP contribution is 2.19. The van der Waals surface area contributed by atoms with Crippen LogP contribution in [0.25, 0.3) is 0 Å². The van der Waals surface area contributed by atoms with Gasteiger partial charge < -0.3 is 5.32 Å². The molecule has 2 heterocycles. The number of thiophene rings is 1. The second-order valence-electron chi connectivity index (χ2n) is 4.42. The lowest BCUT2D eigenvalue weighted by molar-refractivity contribution is -0.123. The monoisotopic (exact) mass is 223 g/mol. The molecule has 82 valence electrons. The Labute approximate surface area is 94.7 Å². The first-order chi connectivity index (χ1) is 7.25. The lowest BCUT2D eigenvalue weighted by atomic mass is 9.87. The number of Topliss-reactive ketones (excluding diaryl/α,β-unsaturated/α-hetero) is 1. The Morgan fingerprint density at radius 3 is 3.13 bits per heavy atom. The van der Waals surface area contributed by atoms with Crippen LogP contribution in [0.2, 0.25) is 0 Å². The largest absolute Gasteiger partial charge is 0.316 e. The number of hydrogen-bond acceptors (Lipinski definition) is 3. The number of nitrogens with one attached hydrogen (secondary N) is 1. The smallest absolute Gasteiger partial charge is 0.142 e. The molecule has 1 aliphatic heterocycles. The molecule has 0 aliphatic carbocycles. The zero-order valence-corrected chi connectivity index (χ0v) is 9.85. The number of rotatable bonds is 3. The van der Waals surface area contributed by atoms with Crippen LogP contribution in [-0.4, -0.2) is 18.9 Å². The molecule has 0 saturated carbocycles. The summed E-state index contributed by atoms with van der Waals surface area (Å²) in [7, 11) is 0. The predicted molar refractivity (Wildman–Crippen MR) is 63.2 cm³/mol. The molecular formula is C12H17NOS. The molecule has 2 atom stereocenters. The van der Waals surface area contributed by atoms with Crippen LogP contribution in [0.15, 0.2) is 17.5 Å². The summed E-state index contributed by atoms with van der Waals surface area (Å²) in [6.07, 6.45) is 1.67. The van der Waals surface area contributed by atoms with E-state index < -0.39 is 0 Å². The van der Waals surface area contributed by atoms with Gasteiger partial charge in [0.25, 0.3) is 0 Å². The van der Waals surface area contributed by atoms with E-state index in [1.54, 1.807) is 11.3 Å². The fourth-order valence-corrected chi connectivity index (χ4v) is 2.85. The van der Waals surface area contributed by atoms with Gasteiger partial charge in [-0.25, -0.2) is 0 Å². The van der Waals surface area contributed by atoms with E-state index in [-0.39, 0.29) is 5.92 Å². The van der Waals surface area contributed by atoms with Crippen LogP contribution in [0, 0.1) is 11.8 Å². The predicted octanol–water partition coefficient (Wildman–Crippen LogP) is 2.11. The van der Waals surface area contributed by atoms with E-state index in [0.717, 1.165) is 19.5 Å². The fraction of sp³-hybridized carbons (Fsp3) is 0.583. The standard InChI is InChI=1S/C12H17NOS/c1-9-5-10(8-13-7-9)12(14)6-11-3-2-4-15-11/h2-4,9-10,13H,5-8H2,1H3. The number of hydrogen-bond donors (Lipinski definition) is 1. The third-order valence-corrected chi connectivity index (χ3v) is 3.83. The lowest BCUT2D eigenvalue weighted by Gasteiger charge is -2.26. The topological polar surface area (TPSA) is 29.1 Å². The van der Waals surface area contributed by atoms with Crippen molar-refractivity contribution in [2.45, 2.75) is 19.8 Å². The Kier molecular flexibility index (Phi) is 3.54. The van der Waals surface area contributed by atoms with Crippen molar-refractivity contribution in [3.63, 3.8) is 0 Å². The van der Waals surface area contributed by atoms with Gasteiger partial charge in [-0.2, -0.15) is 0 Å². The summed E-state index contributed by atoms with van der Waals surface area (Å²) in [4.78, 5) is 13.2. The van der Waals surface area contributed by atoms with E-state index >= 15 is 0 Å². The highest BCUT2D eigenvalue weighted by molar-refractivity contribution is 7.10. The van der Waals surface area contributed by atoms with Gasteiger partial charge in [0.15, 0.2) is 0 Å². The van der Waals surface area contributed by atoms with Gasteiger partial charge in [-0.3, -0.25) is 4.79 Å². The van der Waals surface area contributed by atoms with Crippen molar-refractivity contribution in [2.24, 2.45) is 11.8 Å². The van der Waals surface area contributed by atoms with Crippen LogP contribution in [-0.2, 0) is 11.2 Å². The van der Waals surface area contributed by atoms with Crippen molar-refractivity contribution in [1.82, 2.24) is 5.32 Å². The van der Waals surface area contributed by atoms with Crippen LogP contribution in [0.3, 0.4) is 0 Å². The quantitative estimate of drug-likeness (QED) is 0.850. The molecule has 2 unspecified atom stereocenters. The Balaban J connectivity index is 1.90. The van der Waals surface area contributed by atoms with Gasteiger partial charge in [0, 0.05) is 23.8 Å². The molecule has 15 heavy (non-hydrogen) atoms. The number of piperidine rings is 1. The van der Waals surface area contributed by atoms with Crippen LogP contribution in [0.4, 0.5) is 0 Å². The van der Waals surface area contributed by atoms with E-state index in [4.69, 9.17) is 0 Å². The minimum Gasteiger partial charge on any atom is -0.316 e. The van der Waals surface area contributed by atoms with Crippen molar-refractivity contribution in [3.8, 4) is 0 Å². The number of carbonyl (C=O) groups excluding carboxylic acids is 1. The molecule has 0 spiro atoms. The second kappa shape index (κ2) is 4.90. The summed E-state index contributed by atoms with van der Waals surface area (Å²) in [5.74, 6) is 1.27. The molecule has 1 N–H and O–H groups in total. The van der Waals surface area contributed by atoms with Crippen molar-refractivity contribution in [1.29, 1.82) is 0 Å². The summed E-state index contributed by atoms with van der Waals surface area (Å²) in [6.45, 7) is 4.13. The van der Waals surface area contributed by atoms with Crippen LogP contribution in [0.5, 0.6) is 0 Å². The summed E-state index contributed by atoms with van der Waals surface area (Å²) in [5, 5.41) is 5.36. The Hall–Kier alpha value is -0.670. The lowest BCUT2D eigenvalue weighted by Crippen LogP contribution is -2.39. The van der Waals surface area contributed by atoms with Gasteiger partial charge in [-0.15, -0.1) is 11.3 Å². The molecule has 0 bridgehead atoms. The van der Waals surface area contributed by atoms with Gasteiger partial charge in [-0.05, 0) is 30.3 Å². The second-order valence-corrected chi connectivity index (χ2v) is 5.45. The third kappa shape index (κ3) is 2.89. The highest BCUT2D eigenvalue weighted by atomic mass is 32.1. The summed E-state index contributed by atoms with van der Waals surface area (Å²) in [6, 6.07) is 4.05. The van der Waals surface area contributed by atoms with Gasteiger partial charge in [0.1, 0.15) is 5.78 Å². The van der Waals surface area contributed by atoms with Crippen molar-refractivity contribution >= 4 is 17.1 Å². The van der Waals surface area contributed by atoms with Crippen molar-refractivity contribution in [2.75, 3.05) is 13.1 Å². The van der Waals surface area contributed by atoms with Crippen LogP contribution >= 0.6 is 11.3 Å². The summed E-state index contributed by atoms with van der Waals surface area (Å²) < 4.78 is 0. The molecule has 1 aliphatic rings. The molecule has 1 saturated heterocycles. The minimum absolute atomic E-state index is 0.232. The average Bonchev–Trinajstić information content (AvgIpc) is 2.70. The van der Waals surface area contributed by atoms with Gasteiger partial charge in [-0.1, -0.05) is 13.0 Å². The van der Waals surface area contributed by atoms with E-state index in [0.29, 0.717) is 18.1 Å². The first-order valence-corrected chi connectivity index (χ1v) is 6.39. The molecule has 0 radical (unpaired) electrons. The normalized spacial score (nSPS) is 26.5. The SMILES string of the molecule is CC1CNCC(C(=O)Cc2cccs2)C1. The first-order valence-electron chi connectivity index (χ1n) is 5.51. The maximum Gasteiger partial charge on any atom is 0.142 e. The van der Waals surface area contributed by atoms with E-state index in [1.165, 1.54) is 4.88 Å². The Morgan fingerprint density at radius 2 is 2.47 bits per heavy atom. The van der Waals surface area contributed by atoms with E-state index in [9.17, 15) is 4.79 Å². The third-order valence-electron chi connectivity index (χ3n) is 2.95. The highest BCUT2D eigenvalue weighted by Gasteiger charge is 2.24. The maximum absolute atomic E-state index is 12.0. The summed E-state index contributed by atoms with van der Waals surface area (Å²) in [5.41, 5.74) is 0. The molecule has 0 amide bonds. The average molecular weight is 223 g/mol. The minimum atomic E-state index is 0.232. The molecule has 1 fully saturated rings. The molecular weight excluding hydrogens is 206 g/mol. The zero-order valence-electron chi connectivity index (χ0n) is 9.03. The molecule has 2 nitrogen and oxygen atoms in total. The molecule has 3 heteroatoms. The van der Waals surface area contributed by atoms with Crippen LogP contribution < -0.4 is 5.32 Å². The van der Waals surface area contributed by atoms with Gasteiger partial charge in [0.05, 0.1) is 0 Å².